The maximum absolute atomic E-state index is 12.2. The van der Waals surface area contributed by atoms with E-state index in [9.17, 15) is 4.79 Å². The van der Waals surface area contributed by atoms with Crippen LogP contribution in [0.5, 0.6) is 0 Å². The summed E-state index contributed by atoms with van der Waals surface area (Å²) >= 11 is 0. The van der Waals surface area contributed by atoms with E-state index in [0.29, 0.717) is 6.42 Å². The minimum atomic E-state index is -0.505. The summed E-state index contributed by atoms with van der Waals surface area (Å²) in [4.78, 5) is 19.4. The van der Waals surface area contributed by atoms with E-state index in [0.717, 1.165) is 18.7 Å². The molecule has 0 aliphatic rings. The highest BCUT2D eigenvalue weighted by atomic mass is 16.2. The molecule has 2 atom stereocenters. The summed E-state index contributed by atoms with van der Waals surface area (Å²) < 4.78 is 0. The number of aromatic nitrogens is 2. The third kappa shape index (κ3) is 4.43. The molecule has 0 saturated carbocycles. The SMILES string of the molecule is CCC(NC(=O)[C@@H](N)CCc1ccccc1)c1ncc[nH]1. The van der Waals surface area contributed by atoms with Gasteiger partial charge in [-0.15, -0.1) is 0 Å². The monoisotopic (exact) mass is 286 g/mol. The maximum atomic E-state index is 12.2. The van der Waals surface area contributed by atoms with Gasteiger partial charge >= 0.3 is 0 Å². The van der Waals surface area contributed by atoms with Crippen LogP contribution in [-0.2, 0) is 11.2 Å². The third-order valence-corrected chi connectivity index (χ3v) is 3.50. The predicted molar refractivity (Wildman–Crippen MR) is 82.5 cm³/mol. The molecule has 2 aromatic rings. The van der Waals surface area contributed by atoms with E-state index in [1.54, 1.807) is 12.4 Å². The lowest BCUT2D eigenvalue weighted by atomic mass is 10.0. The van der Waals surface area contributed by atoms with Gasteiger partial charge < -0.3 is 16.0 Å². The molecule has 1 unspecified atom stereocenters. The Balaban J connectivity index is 1.84. The summed E-state index contributed by atoms with van der Waals surface area (Å²) in [5, 5.41) is 2.95. The number of carbonyl (C=O) groups excluding carboxylic acids is 1. The Morgan fingerprint density at radius 2 is 2.14 bits per heavy atom. The molecule has 21 heavy (non-hydrogen) atoms. The van der Waals surface area contributed by atoms with E-state index in [1.807, 2.05) is 37.3 Å². The fourth-order valence-corrected chi connectivity index (χ4v) is 2.21. The second kappa shape index (κ2) is 7.59. The number of aromatic amines is 1. The van der Waals surface area contributed by atoms with Gasteiger partial charge in [0.05, 0.1) is 12.1 Å². The van der Waals surface area contributed by atoms with E-state index >= 15 is 0 Å². The summed E-state index contributed by atoms with van der Waals surface area (Å²) in [7, 11) is 0. The van der Waals surface area contributed by atoms with Crippen LogP contribution >= 0.6 is 0 Å². The number of benzene rings is 1. The first kappa shape index (κ1) is 15.3. The van der Waals surface area contributed by atoms with Crippen molar-refractivity contribution < 1.29 is 4.79 Å². The van der Waals surface area contributed by atoms with Crippen LogP contribution in [0.4, 0.5) is 0 Å². The molecule has 0 spiro atoms. The van der Waals surface area contributed by atoms with Crippen molar-refractivity contribution in [3.05, 3.63) is 54.1 Å². The Bertz CT molecular complexity index is 539. The van der Waals surface area contributed by atoms with Crippen molar-refractivity contribution in [1.29, 1.82) is 0 Å². The zero-order valence-electron chi connectivity index (χ0n) is 12.3. The van der Waals surface area contributed by atoms with Crippen LogP contribution in [0.2, 0.25) is 0 Å². The van der Waals surface area contributed by atoms with Gasteiger partial charge in [0.15, 0.2) is 0 Å². The van der Waals surface area contributed by atoms with Crippen molar-refractivity contribution in [2.45, 2.75) is 38.3 Å². The average Bonchev–Trinajstić information content (AvgIpc) is 3.05. The van der Waals surface area contributed by atoms with Crippen molar-refractivity contribution in [1.82, 2.24) is 15.3 Å². The van der Waals surface area contributed by atoms with Gasteiger partial charge in [-0.3, -0.25) is 4.79 Å². The first-order valence-corrected chi connectivity index (χ1v) is 7.30. The molecule has 0 bridgehead atoms. The molecule has 2 rings (SSSR count). The lowest BCUT2D eigenvalue weighted by molar-refractivity contribution is -0.123. The molecule has 4 N–H and O–H groups in total. The zero-order valence-corrected chi connectivity index (χ0v) is 12.3. The number of imidazole rings is 1. The van der Waals surface area contributed by atoms with Gasteiger partial charge in [0.2, 0.25) is 5.91 Å². The molecule has 0 aliphatic heterocycles. The van der Waals surface area contributed by atoms with Gasteiger partial charge in [-0.05, 0) is 24.8 Å². The molecule has 0 aliphatic carbocycles. The van der Waals surface area contributed by atoms with Gasteiger partial charge in [-0.25, -0.2) is 4.98 Å². The van der Waals surface area contributed by atoms with Gasteiger partial charge in [-0.2, -0.15) is 0 Å². The summed E-state index contributed by atoms with van der Waals surface area (Å²) in [6.45, 7) is 2.00. The first-order valence-electron chi connectivity index (χ1n) is 7.30. The van der Waals surface area contributed by atoms with E-state index in [-0.39, 0.29) is 11.9 Å². The number of rotatable bonds is 7. The smallest absolute Gasteiger partial charge is 0.237 e. The molecule has 0 saturated heterocycles. The number of nitrogens with one attached hydrogen (secondary N) is 2. The number of amides is 1. The highest BCUT2D eigenvalue weighted by Gasteiger charge is 2.19. The first-order chi connectivity index (χ1) is 10.2. The second-order valence-electron chi connectivity index (χ2n) is 5.07. The Kier molecular flexibility index (Phi) is 5.51. The fraction of sp³-hybridized carbons (Fsp3) is 0.375. The summed E-state index contributed by atoms with van der Waals surface area (Å²) in [6.07, 6.45) is 5.63. The van der Waals surface area contributed by atoms with E-state index in [1.165, 1.54) is 5.56 Å². The maximum Gasteiger partial charge on any atom is 0.237 e. The zero-order chi connectivity index (χ0) is 15.1. The Morgan fingerprint density at radius 1 is 1.38 bits per heavy atom. The van der Waals surface area contributed by atoms with Crippen molar-refractivity contribution in [2.75, 3.05) is 0 Å². The molecular weight excluding hydrogens is 264 g/mol. The van der Waals surface area contributed by atoms with Crippen LogP contribution < -0.4 is 11.1 Å². The number of hydrogen-bond acceptors (Lipinski definition) is 3. The average molecular weight is 286 g/mol. The number of hydrogen-bond donors (Lipinski definition) is 3. The van der Waals surface area contributed by atoms with Crippen LogP contribution in [0.25, 0.3) is 0 Å². The molecule has 1 aromatic heterocycles. The van der Waals surface area contributed by atoms with Crippen molar-refractivity contribution in [2.24, 2.45) is 5.73 Å². The second-order valence-corrected chi connectivity index (χ2v) is 5.07. The summed E-state index contributed by atoms with van der Waals surface area (Å²) in [6, 6.07) is 9.43. The molecule has 1 aromatic carbocycles. The Labute approximate surface area is 125 Å². The van der Waals surface area contributed by atoms with Crippen molar-refractivity contribution in [3.8, 4) is 0 Å². The molecule has 112 valence electrons. The predicted octanol–water partition coefficient (Wildman–Crippen LogP) is 1.94. The number of nitrogens with zero attached hydrogens (tertiary/aromatic N) is 1. The Hall–Kier alpha value is -2.14. The summed E-state index contributed by atoms with van der Waals surface area (Å²) in [5.74, 6) is 0.635. The minimum absolute atomic E-state index is 0.115. The van der Waals surface area contributed by atoms with Crippen molar-refractivity contribution >= 4 is 5.91 Å². The van der Waals surface area contributed by atoms with Crippen LogP contribution in [-0.4, -0.2) is 21.9 Å². The van der Waals surface area contributed by atoms with Gasteiger partial charge in [0, 0.05) is 12.4 Å². The lowest BCUT2D eigenvalue weighted by Crippen LogP contribution is -2.42. The van der Waals surface area contributed by atoms with Gasteiger partial charge in [-0.1, -0.05) is 37.3 Å². The lowest BCUT2D eigenvalue weighted by Gasteiger charge is -2.18. The molecular formula is C16H22N4O. The van der Waals surface area contributed by atoms with Crippen LogP contribution in [0.1, 0.15) is 37.2 Å². The van der Waals surface area contributed by atoms with Crippen LogP contribution in [0.15, 0.2) is 42.7 Å². The number of nitrogens with two attached hydrogens (primary N) is 1. The van der Waals surface area contributed by atoms with Crippen LogP contribution in [0, 0.1) is 0 Å². The standard InChI is InChI=1S/C16H22N4O/c1-2-14(15-18-10-11-19-15)20-16(21)13(17)9-8-12-6-4-3-5-7-12/h3-7,10-11,13-14H,2,8-9,17H2,1H3,(H,18,19)(H,20,21)/t13-,14?/m0/s1. The molecule has 5 nitrogen and oxygen atoms in total. The largest absolute Gasteiger partial charge is 0.347 e. The highest BCUT2D eigenvalue weighted by molar-refractivity contribution is 5.81. The van der Waals surface area contributed by atoms with E-state index < -0.39 is 6.04 Å². The van der Waals surface area contributed by atoms with E-state index in [2.05, 4.69) is 15.3 Å². The number of aryl methyl sites for hydroxylation is 1. The topological polar surface area (TPSA) is 83.8 Å². The molecule has 0 radical (unpaired) electrons. The molecule has 1 heterocycles. The normalized spacial score (nSPS) is 13.6. The number of carbonyl (C=O) groups is 1. The quantitative estimate of drug-likeness (QED) is 0.727. The van der Waals surface area contributed by atoms with Crippen LogP contribution in [0.3, 0.4) is 0 Å². The number of H-pyrrole nitrogens is 1. The van der Waals surface area contributed by atoms with Gasteiger partial charge in [0.25, 0.3) is 0 Å². The summed E-state index contributed by atoms with van der Waals surface area (Å²) in [5.41, 5.74) is 7.17. The molecule has 1 amide bonds. The van der Waals surface area contributed by atoms with E-state index in [4.69, 9.17) is 5.73 Å². The molecule has 0 fully saturated rings. The minimum Gasteiger partial charge on any atom is -0.347 e. The van der Waals surface area contributed by atoms with Gasteiger partial charge in [0.1, 0.15) is 5.82 Å². The third-order valence-electron chi connectivity index (χ3n) is 3.50. The Morgan fingerprint density at radius 3 is 2.76 bits per heavy atom. The molecule has 5 heteroatoms. The van der Waals surface area contributed by atoms with Crippen molar-refractivity contribution in [3.63, 3.8) is 0 Å². The fourth-order valence-electron chi connectivity index (χ4n) is 2.21. The highest BCUT2D eigenvalue weighted by Crippen LogP contribution is 2.12.